The topological polar surface area (TPSA) is 226 Å². The molecule has 33 heavy (non-hydrogen) atoms. The molecule has 0 fully saturated rings. The minimum atomic E-state index is -4.74. The Morgan fingerprint density at radius 2 is 1.58 bits per heavy atom. The number of aromatic nitrogens is 3. The number of aryl methyl sites for hydroxylation is 1. The number of aliphatic hydroxyl groups is 1. The number of rotatable bonds is 12. The van der Waals surface area contributed by atoms with Gasteiger partial charge in [-0.15, -0.1) is 0 Å². The zero-order valence-electron chi connectivity index (χ0n) is 17.3. The van der Waals surface area contributed by atoms with Crippen LogP contribution in [0.5, 0.6) is 0 Å². The van der Waals surface area contributed by atoms with Gasteiger partial charge in [-0.1, -0.05) is 0 Å². The summed E-state index contributed by atoms with van der Waals surface area (Å²) in [6.07, 6.45) is 1.19. The molecule has 0 aliphatic carbocycles. The lowest BCUT2D eigenvalue weighted by Crippen LogP contribution is -2.23. The molecule has 0 unspecified atom stereocenters. The summed E-state index contributed by atoms with van der Waals surface area (Å²) >= 11 is 0. The van der Waals surface area contributed by atoms with Gasteiger partial charge in [0.05, 0.1) is 22.7 Å². The highest BCUT2D eigenvalue weighted by Crippen LogP contribution is 2.22. The van der Waals surface area contributed by atoms with Crippen molar-refractivity contribution in [3.05, 3.63) is 35.4 Å². The van der Waals surface area contributed by atoms with Crippen molar-refractivity contribution in [2.24, 2.45) is 0 Å². The van der Waals surface area contributed by atoms with Crippen LogP contribution in [0.3, 0.4) is 0 Å². The second-order valence-corrected chi connectivity index (χ2v) is 11.5. The predicted molar refractivity (Wildman–Crippen MR) is 115 cm³/mol. The standard InChI is InChI=1S/C16H23N5O9S3/c1-31(23,24)18-6-2-3-14-19-15(21-16(20-14)17-7-8-22)10-11-9-12(32(25,26)27)4-5-13(11)33(28,29)30/h4-5,9,18,22H,2-3,6-8,10H2,1H3,(H,25,26,27)(H,28,29,30)(H,17,19,20,21). The lowest BCUT2D eigenvalue weighted by Gasteiger charge is -2.11. The van der Waals surface area contributed by atoms with Crippen molar-refractivity contribution in [1.82, 2.24) is 19.7 Å². The summed E-state index contributed by atoms with van der Waals surface area (Å²) in [7, 11) is -12.8. The van der Waals surface area contributed by atoms with Gasteiger partial charge in [0.2, 0.25) is 16.0 Å². The third kappa shape index (κ3) is 8.88. The van der Waals surface area contributed by atoms with Crippen LogP contribution in [0, 0.1) is 0 Å². The number of sulfonamides is 1. The highest BCUT2D eigenvalue weighted by atomic mass is 32.2. The fourth-order valence-corrected chi connectivity index (χ4v) is 4.44. The molecule has 0 amide bonds. The Balaban J connectivity index is 2.42. The molecule has 0 saturated carbocycles. The Bertz CT molecular complexity index is 1310. The van der Waals surface area contributed by atoms with E-state index in [-0.39, 0.29) is 55.7 Å². The third-order valence-electron chi connectivity index (χ3n) is 4.02. The molecule has 5 N–H and O–H groups in total. The fourth-order valence-electron chi connectivity index (χ4n) is 2.69. The molecule has 1 heterocycles. The van der Waals surface area contributed by atoms with Crippen molar-refractivity contribution in [1.29, 1.82) is 0 Å². The van der Waals surface area contributed by atoms with Crippen molar-refractivity contribution in [3.63, 3.8) is 0 Å². The molecule has 0 saturated heterocycles. The Morgan fingerprint density at radius 1 is 0.909 bits per heavy atom. The lowest BCUT2D eigenvalue weighted by atomic mass is 10.1. The molecule has 0 aliphatic heterocycles. The van der Waals surface area contributed by atoms with Crippen LogP contribution in [0.25, 0.3) is 0 Å². The van der Waals surface area contributed by atoms with Crippen LogP contribution in [0.1, 0.15) is 23.6 Å². The van der Waals surface area contributed by atoms with Crippen molar-refractivity contribution in [2.45, 2.75) is 29.1 Å². The maximum atomic E-state index is 11.7. The van der Waals surface area contributed by atoms with E-state index in [1.807, 2.05) is 0 Å². The van der Waals surface area contributed by atoms with E-state index in [0.29, 0.717) is 6.42 Å². The molecule has 184 valence electrons. The summed E-state index contributed by atoms with van der Waals surface area (Å²) in [5.41, 5.74) is -0.198. The second-order valence-electron chi connectivity index (χ2n) is 6.81. The Kier molecular flexibility index (Phi) is 8.80. The van der Waals surface area contributed by atoms with E-state index in [1.165, 1.54) is 0 Å². The monoisotopic (exact) mass is 525 g/mol. The van der Waals surface area contributed by atoms with Crippen LogP contribution in [0.4, 0.5) is 5.95 Å². The minimum Gasteiger partial charge on any atom is -0.395 e. The highest BCUT2D eigenvalue weighted by Gasteiger charge is 2.21. The molecule has 1 aromatic heterocycles. The van der Waals surface area contributed by atoms with Crippen molar-refractivity contribution < 1.29 is 39.5 Å². The first-order valence-electron chi connectivity index (χ1n) is 9.30. The summed E-state index contributed by atoms with van der Waals surface area (Å²) in [4.78, 5) is 11.3. The fraction of sp³-hybridized carbons (Fsp3) is 0.438. The van der Waals surface area contributed by atoms with Gasteiger partial charge in [-0.05, 0) is 30.2 Å². The zero-order chi connectivity index (χ0) is 24.9. The molecule has 0 bridgehead atoms. The largest absolute Gasteiger partial charge is 0.395 e. The number of nitrogens with one attached hydrogen (secondary N) is 2. The maximum Gasteiger partial charge on any atom is 0.294 e. The molecule has 0 aliphatic rings. The van der Waals surface area contributed by atoms with Crippen molar-refractivity contribution in [3.8, 4) is 0 Å². The number of anilines is 1. The van der Waals surface area contributed by atoms with E-state index in [2.05, 4.69) is 25.0 Å². The van der Waals surface area contributed by atoms with Crippen LogP contribution in [0.15, 0.2) is 28.0 Å². The average molecular weight is 526 g/mol. The SMILES string of the molecule is CS(=O)(=O)NCCCc1nc(Cc2cc(S(=O)(=O)O)ccc2S(=O)(=O)O)nc(NCCO)n1. The molecule has 0 spiro atoms. The van der Waals surface area contributed by atoms with Gasteiger partial charge in [-0.2, -0.15) is 26.8 Å². The van der Waals surface area contributed by atoms with Crippen LogP contribution in [0.2, 0.25) is 0 Å². The van der Waals surface area contributed by atoms with Gasteiger partial charge in [-0.25, -0.2) is 18.1 Å². The summed E-state index contributed by atoms with van der Waals surface area (Å²) in [6.45, 7) is -0.0342. The van der Waals surface area contributed by atoms with Crippen molar-refractivity contribution >= 4 is 36.2 Å². The Labute approximate surface area is 191 Å². The van der Waals surface area contributed by atoms with Gasteiger partial charge in [0.25, 0.3) is 20.2 Å². The Morgan fingerprint density at radius 3 is 2.15 bits per heavy atom. The highest BCUT2D eigenvalue weighted by molar-refractivity contribution is 7.88. The van der Waals surface area contributed by atoms with Gasteiger partial charge in [-0.3, -0.25) is 9.11 Å². The van der Waals surface area contributed by atoms with Gasteiger partial charge in [0.15, 0.2) is 0 Å². The van der Waals surface area contributed by atoms with E-state index in [1.54, 1.807) is 0 Å². The first-order valence-corrected chi connectivity index (χ1v) is 14.1. The molecule has 0 radical (unpaired) electrons. The number of benzene rings is 1. The van der Waals surface area contributed by atoms with E-state index in [0.717, 1.165) is 24.5 Å². The van der Waals surface area contributed by atoms with Gasteiger partial charge in [0, 0.05) is 25.9 Å². The quantitative estimate of drug-likeness (QED) is 0.163. The normalized spacial score (nSPS) is 12.6. The lowest BCUT2D eigenvalue weighted by molar-refractivity contribution is 0.310. The third-order valence-corrected chi connectivity index (χ3v) is 6.55. The number of hydrogen-bond acceptors (Lipinski definition) is 11. The van der Waals surface area contributed by atoms with E-state index >= 15 is 0 Å². The van der Waals surface area contributed by atoms with Crippen LogP contribution in [-0.2, 0) is 43.1 Å². The first kappa shape index (κ1) is 27.0. The van der Waals surface area contributed by atoms with E-state index < -0.39 is 40.1 Å². The molecule has 14 nitrogen and oxygen atoms in total. The molecule has 2 rings (SSSR count). The molecular weight excluding hydrogens is 502 g/mol. The van der Waals surface area contributed by atoms with E-state index in [4.69, 9.17) is 5.11 Å². The van der Waals surface area contributed by atoms with Crippen LogP contribution in [-0.4, -0.2) is 80.4 Å². The van der Waals surface area contributed by atoms with E-state index in [9.17, 15) is 34.4 Å². The second kappa shape index (κ2) is 10.8. The first-order chi connectivity index (χ1) is 15.2. The molecular formula is C16H23N5O9S3. The van der Waals surface area contributed by atoms with Gasteiger partial charge in [0.1, 0.15) is 11.6 Å². The maximum absolute atomic E-state index is 11.7. The molecule has 0 atom stereocenters. The average Bonchev–Trinajstić information content (AvgIpc) is 2.67. The molecule has 17 heteroatoms. The molecule has 1 aromatic carbocycles. The van der Waals surface area contributed by atoms with Crippen LogP contribution < -0.4 is 10.0 Å². The number of aliphatic hydroxyl groups excluding tert-OH is 1. The van der Waals surface area contributed by atoms with Crippen molar-refractivity contribution in [2.75, 3.05) is 31.3 Å². The summed E-state index contributed by atoms with van der Waals surface area (Å²) in [5.74, 6) is 0.253. The summed E-state index contributed by atoms with van der Waals surface area (Å²) in [5, 5.41) is 11.7. The van der Waals surface area contributed by atoms with Gasteiger partial charge >= 0.3 is 0 Å². The number of nitrogens with zero attached hydrogens (tertiary/aromatic N) is 3. The smallest absolute Gasteiger partial charge is 0.294 e. The van der Waals surface area contributed by atoms with Gasteiger partial charge < -0.3 is 10.4 Å². The zero-order valence-corrected chi connectivity index (χ0v) is 19.8. The Hall–Kier alpha value is -2.28. The number of hydrogen-bond donors (Lipinski definition) is 5. The summed E-state index contributed by atoms with van der Waals surface area (Å²) in [6, 6.07) is 2.53. The summed E-state index contributed by atoms with van der Waals surface area (Å²) < 4.78 is 89.8. The minimum absolute atomic E-state index is 0.00565. The predicted octanol–water partition coefficient (Wildman–Crippen LogP) is -1.16. The molecule has 2 aromatic rings. The van der Waals surface area contributed by atoms with Crippen LogP contribution >= 0.6 is 0 Å².